The Morgan fingerprint density at radius 1 is 1.08 bits per heavy atom. The Bertz CT molecular complexity index is 1480. The molecule has 13 heteroatoms. The van der Waals surface area contributed by atoms with Gasteiger partial charge in [0, 0.05) is 5.56 Å². The third-order valence-electron chi connectivity index (χ3n) is 5.93. The van der Waals surface area contributed by atoms with E-state index in [4.69, 9.17) is 9.84 Å². The van der Waals surface area contributed by atoms with E-state index in [2.05, 4.69) is 0 Å². The Morgan fingerprint density at radius 3 is 2.50 bits per heavy atom. The summed E-state index contributed by atoms with van der Waals surface area (Å²) >= 11 is 0. The summed E-state index contributed by atoms with van der Waals surface area (Å²) in [7, 11) is -4.66. The molecule has 1 aliphatic rings. The number of benzene rings is 3. The van der Waals surface area contributed by atoms with E-state index in [0.29, 0.717) is 12.1 Å². The average Bonchev–Trinajstić information content (AvgIpc) is 2.87. The molecule has 0 aliphatic carbocycles. The van der Waals surface area contributed by atoms with Crippen LogP contribution in [0.5, 0.6) is 5.75 Å². The predicted molar refractivity (Wildman–Crippen MR) is 125 cm³/mol. The lowest BCUT2D eigenvalue weighted by Crippen LogP contribution is -2.44. The molecule has 4 rings (SSSR count). The fraction of sp³-hybridized carbons (Fsp3) is 0.240. The van der Waals surface area contributed by atoms with Gasteiger partial charge in [-0.05, 0) is 66.9 Å². The molecule has 2 N–H and O–H groups in total. The van der Waals surface area contributed by atoms with Crippen molar-refractivity contribution in [2.45, 2.75) is 36.1 Å². The molecular formula is C25H20F5NO6S. The number of fused-ring (bicyclic) bond motifs is 1. The topological polar surface area (TPSA) is 104 Å². The smallest absolute Gasteiger partial charge is 0.416 e. The Hall–Kier alpha value is -3.71. The number of hydrogen-bond acceptors (Lipinski definition) is 5. The van der Waals surface area contributed by atoms with Crippen molar-refractivity contribution in [2.75, 3.05) is 10.8 Å². The number of hydrogen-bond donors (Lipinski definition) is 2. The second kappa shape index (κ2) is 10.2. The van der Waals surface area contributed by atoms with Crippen LogP contribution >= 0.6 is 0 Å². The predicted octanol–water partition coefficient (Wildman–Crippen LogP) is 4.83. The molecule has 1 aliphatic heterocycles. The lowest BCUT2D eigenvalue weighted by molar-refractivity contribution is -0.147. The second-order valence-electron chi connectivity index (χ2n) is 8.54. The van der Waals surface area contributed by atoms with Gasteiger partial charge in [-0.25, -0.2) is 22.0 Å². The largest absolute Gasteiger partial charge is 0.486 e. The molecule has 0 bridgehead atoms. The summed E-state index contributed by atoms with van der Waals surface area (Å²) in [4.78, 5) is 10.3. The van der Waals surface area contributed by atoms with Crippen LogP contribution in [0.3, 0.4) is 0 Å². The monoisotopic (exact) mass is 557 g/mol. The first-order valence-electron chi connectivity index (χ1n) is 11.1. The van der Waals surface area contributed by atoms with E-state index in [1.54, 1.807) is 0 Å². The van der Waals surface area contributed by atoms with Gasteiger partial charge in [-0.15, -0.1) is 0 Å². The second-order valence-corrected chi connectivity index (χ2v) is 10.4. The molecule has 0 aromatic heterocycles. The maximum Gasteiger partial charge on any atom is 0.416 e. The molecule has 3 aromatic rings. The fourth-order valence-electron chi connectivity index (χ4n) is 4.00. The van der Waals surface area contributed by atoms with Crippen molar-refractivity contribution in [3.63, 3.8) is 0 Å². The standard InChI is InChI=1S/C25H20F5NO6S/c26-16-5-7-20(27)19(12-16)14-4-9-23-21(10-14)31(13-17(37-23)6-8-22(32)24(33)34)38(35,36)18-3-1-2-15(11-18)25(28,29)30/h1-5,7,9-12,17,22,32H,6,8,13H2,(H,33,34). The summed E-state index contributed by atoms with van der Waals surface area (Å²) < 4.78 is 102. The third kappa shape index (κ3) is 5.58. The van der Waals surface area contributed by atoms with Gasteiger partial charge in [0.1, 0.15) is 23.5 Å². The number of aliphatic hydroxyl groups is 1. The number of nitrogens with zero attached hydrogens (tertiary/aromatic N) is 1. The van der Waals surface area contributed by atoms with Gasteiger partial charge in [0.25, 0.3) is 10.0 Å². The summed E-state index contributed by atoms with van der Waals surface area (Å²) in [5.74, 6) is -3.07. The molecular weight excluding hydrogens is 537 g/mol. The highest BCUT2D eigenvalue weighted by atomic mass is 32.2. The van der Waals surface area contributed by atoms with Gasteiger partial charge in [0.15, 0.2) is 6.10 Å². The highest BCUT2D eigenvalue weighted by molar-refractivity contribution is 7.92. The molecule has 3 aromatic carbocycles. The summed E-state index contributed by atoms with van der Waals surface area (Å²) in [6.07, 6.45) is -7.94. The minimum absolute atomic E-state index is 0.0397. The van der Waals surface area contributed by atoms with Crippen LogP contribution in [0.1, 0.15) is 18.4 Å². The van der Waals surface area contributed by atoms with Crippen molar-refractivity contribution in [3.8, 4) is 16.9 Å². The van der Waals surface area contributed by atoms with Crippen LogP contribution in [-0.2, 0) is 21.0 Å². The van der Waals surface area contributed by atoms with Crippen LogP contribution in [0.25, 0.3) is 11.1 Å². The SMILES string of the molecule is O=C(O)C(O)CCC1CN(S(=O)(=O)c2cccc(C(F)(F)F)c2)c2cc(-c3cc(F)ccc3F)ccc2O1. The zero-order valence-corrected chi connectivity index (χ0v) is 20.1. The van der Waals surface area contributed by atoms with Crippen molar-refractivity contribution in [3.05, 3.63) is 77.9 Å². The number of aliphatic hydroxyl groups excluding tert-OH is 1. The maximum atomic E-state index is 14.4. The number of carboxylic acid groups (broad SMARTS) is 1. The third-order valence-corrected chi connectivity index (χ3v) is 7.70. The van der Waals surface area contributed by atoms with E-state index in [0.717, 1.165) is 34.6 Å². The van der Waals surface area contributed by atoms with Crippen LogP contribution < -0.4 is 9.04 Å². The van der Waals surface area contributed by atoms with Crippen LogP contribution in [0.4, 0.5) is 27.6 Å². The molecule has 0 saturated heterocycles. The van der Waals surface area contributed by atoms with Gasteiger partial charge in [-0.3, -0.25) is 4.31 Å². The molecule has 0 spiro atoms. The van der Waals surface area contributed by atoms with E-state index in [1.807, 2.05) is 0 Å². The maximum absolute atomic E-state index is 14.4. The Morgan fingerprint density at radius 2 is 1.82 bits per heavy atom. The number of ether oxygens (including phenoxy) is 1. The molecule has 0 saturated carbocycles. The van der Waals surface area contributed by atoms with Crippen LogP contribution in [0.2, 0.25) is 0 Å². The molecule has 0 radical (unpaired) electrons. The highest BCUT2D eigenvalue weighted by Crippen LogP contribution is 2.41. The fourth-order valence-corrected chi connectivity index (χ4v) is 5.55. The van der Waals surface area contributed by atoms with Crippen molar-refractivity contribution >= 4 is 21.7 Å². The number of halogens is 5. The quantitative estimate of drug-likeness (QED) is 0.404. The summed E-state index contributed by atoms with van der Waals surface area (Å²) in [5.41, 5.74) is -1.44. The molecule has 202 valence electrons. The van der Waals surface area contributed by atoms with E-state index in [-0.39, 0.29) is 35.4 Å². The summed E-state index contributed by atoms with van der Waals surface area (Å²) in [5, 5.41) is 18.5. The van der Waals surface area contributed by atoms with Gasteiger partial charge < -0.3 is 14.9 Å². The van der Waals surface area contributed by atoms with Crippen LogP contribution in [0.15, 0.2) is 65.6 Å². The van der Waals surface area contributed by atoms with Gasteiger partial charge >= 0.3 is 12.1 Å². The number of aliphatic carboxylic acids is 1. The lowest BCUT2D eigenvalue weighted by Gasteiger charge is -2.36. The molecule has 1 heterocycles. The number of anilines is 1. The molecule has 38 heavy (non-hydrogen) atoms. The molecule has 2 unspecified atom stereocenters. The zero-order valence-electron chi connectivity index (χ0n) is 19.3. The Labute approximate surface area is 213 Å². The zero-order chi connectivity index (χ0) is 27.8. The molecule has 0 fully saturated rings. The van der Waals surface area contributed by atoms with Crippen molar-refractivity contribution < 1.29 is 50.1 Å². The molecule has 2 atom stereocenters. The normalized spacial score (nSPS) is 16.5. The first kappa shape index (κ1) is 27.3. The minimum atomic E-state index is -4.81. The first-order chi connectivity index (χ1) is 17.8. The Balaban J connectivity index is 1.80. The van der Waals surface area contributed by atoms with Gasteiger partial charge in [0.2, 0.25) is 0 Å². The average molecular weight is 557 g/mol. The van der Waals surface area contributed by atoms with Crippen molar-refractivity contribution in [1.29, 1.82) is 0 Å². The number of rotatable bonds is 7. The lowest BCUT2D eigenvalue weighted by atomic mass is 10.0. The molecule has 0 amide bonds. The van der Waals surface area contributed by atoms with E-state index in [9.17, 15) is 40.3 Å². The van der Waals surface area contributed by atoms with Gasteiger partial charge in [-0.2, -0.15) is 13.2 Å². The highest BCUT2D eigenvalue weighted by Gasteiger charge is 2.37. The van der Waals surface area contributed by atoms with E-state index < -0.39 is 63.0 Å². The number of sulfonamides is 1. The van der Waals surface area contributed by atoms with Crippen molar-refractivity contribution in [2.24, 2.45) is 0 Å². The number of carbonyl (C=O) groups is 1. The minimum Gasteiger partial charge on any atom is -0.486 e. The first-order valence-corrected chi connectivity index (χ1v) is 12.6. The van der Waals surface area contributed by atoms with Crippen LogP contribution in [-0.4, -0.2) is 43.4 Å². The van der Waals surface area contributed by atoms with E-state index in [1.165, 1.54) is 18.2 Å². The van der Waals surface area contributed by atoms with Gasteiger partial charge in [-0.1, -0.05) is 12.1 Å². The Kier molecular flexibility index (Phi) is 7.35. The summed E-state index contributed by atoms with van der Waals surface area (Å²) in [6.45, 7) is -0.451. The van der Waals surface area contributed by atoms with Gasteiger partial charge in [0.05, 0.1) is 22.7 Å². The van der Waals surface area contributed by atoms with Crippen LogP contribution in [0, 0.1) is 11.6 Å². The number of carboxylic acids is 1. The number of alkyl halides is 3. The van der Waals surface area contributed by atoms with Crippen molar-refractivity contribution in [1.82, 2.24) is 0 Å². The van der Waals surface area contributed by atoms with E-state index >= 15 is 0 Å². The summed E-state index contributed by atoms with van der Waals surface area (Å²) in [6, 6.07) is 9.67. The molecule has 7 nitrogen and oxygen atoms in total.